The van der Waals surface area contributed by atoms with Crippen molar-refractivity contribution in [1.29, 1.82) is 0 Å². The highest BCUT2D eigenvalue weighted by atomic mass is 16.6. The van der Waals surface area contributed by atoms with Crippen LogP contribution in [0.3, 0.4) is 0 Å². The lowest BCUT2D eigenvalue weighted by molar-refractivity contribution is -0.416. The lowest BCUT2D eigenvalue weighted by Crippen LogP contribution is -2.45. The van der Waals surface area contributed by atoms with Gasteiger partial charge in [-0.25, -0.2) is 4.99 Å². The molecule has 0 aromatic carbocycles. The van der Waals surface area contributed by atoms with Crippen molar-refractivity contribution >= 4 is 12.2 Å². The van der Waals surface area contributed by atoms with Gasteiger partial charge in [-0.15, -0.1) is 0 Å². The van der Waals surface area contributed by atoms with E-state index >= 15 is 0 Å². The van der Waals surface area contributed by atoms with Crippen LogP contribution < -0.4 is 5.73 Å². The van der Waals surface area contributed by atoms with Crippen molar-refractivity contribution in [2.75, 3.05) is 26.3 Å². The molecule has 0 saturated carbocycles. The monoisotopic (exact) mass is 303 g/mol. The number of dihydropyridines is 1. The van der Waals surface area contributed by atoms with Crippen molar-refractivity contribution < 1.29 is 9.66 Å². The fraction of sp³-hybridized carbons (Fsp3) is 0.429. The first-order chi connectivity index (χ1) is 10.7. The Labute approximate surface area is 127 Å². The molecule has 8 heteroatoms. The molecule has 8 nitrogen and oxygen atoms in total. The number of allylic oxidation sites excluding steroid dienone is 3. The molecular formula is C14H17N5O3. The number of nitrogens with two attached hydrogens (primary N) is 1. The van der Waals surface area contributed by atoms with E-state index in [9.17, 15) is 10.1 Å². The Morgan fingerprint density at radius 3 is 2.86 bits per heavy atom. The van der Waals surface area contributed by atoms with Gasteiger partial charge in [-0.2, -0.15) is 0 Å². The van der Waals surface area contributed by atoms with Gasteiger partial charge in [-0.1, -0.05) is 24.3 Å². The zero-order valence-corrected chi connectivity index (χ0v) is 12.0. The van der Waals surface area contributed by atoms with Crippen molar-refractivity contribution in [2.24, 2.45) is 21.6 Å². The van der Waals surface area contributed by atoms with Crippen LogP contribution in [0.1, 0.15) is 0 Å². The Morgan fingerprint density at radius 1 is 1.41 bits per heavy atom. The van der Waals surface area contributed by atoms with Crippen LogP contribution in [0, 0.1) is 16.0 Å². The molecule has 1 aliphatic carbocycles. The first kappa shape index (κ1) is 14.5. The number of guanidine groups is 1. The van der Waals surface area contributed by atoms with Crippen LogP contribution in [0.25, 0.3) is 0 Å². The number of ether oxygens (including phenoxy) is 1. The van der Waals surface area contributed by atoms with E-state index in [4.69, 9.17) is 10.5 Å². The molecule has 2 atom stereocenters. The van der Waals surface area contributed by atoms with Crippen LogP contribution in [0.5, 0.6) is 0 Å². The lowest BCUT2D eigenvalue weighted by Gasteiger charge is -2.29. The zero-order chi connectivity index (χ0) is 15.5. The third kappa shape index (κ3) is 2.77. The highest BCUT2D eigenvalue weighted by Gasteiger charge is 2.33. The number of aliphatic imine (C=N–C) groups is 2. The Morgan fingerprint density at radius 2 is 2.14 bits per heavy atom. The molecule has 2 heterocycles. The molecule has 3 aliphatic rings. The second-order valence-corrected chi connectivity index (χ2v) is 5.16. The Bertz CT molecular complexity index is 614. The summed E-state index contributed by atoms with van der Waals surface area (Å²) >= 11 is 0. The second-order valence-electron chi connectivity index (χ2n) is 5.16. The molecule has 22 heavy (non-hydrogen) atoms. The maximum Gasteiger partial charge on any atom is 0.309 e. The highest BCUT2D eigenvalue weighted by molar-refractivity contribution is 5.83. The molecule has 3 rings (SSSR count). The third-order valence-electron chi connectivity index (χ3n) is 3.82. The molecule has 0 bridgehead atoms. The standard InChI is InChI=1S/C14H17N5O3/c15-14(18-5-7-22-8-6-18)17-13-10-3-1-2-4-11(10)16-9-12(13)19(20)21/h1-4,9-11H,5-8H2,(H2,15,17). The van der Waals surface area contributed by atoms with E-state index in [1.165, 1.54) is 6.21 Å². The third-order valence-corrected chi connectivity index (χ3v) is 3.82. The van der Waals surface area contributed by atoms with Crippen molar-refractivity contribution in [3.05, 3.63) is 45.8 Å². The summed E-state index contributed by atoms with van der Waals surface area (Å²) in [6.45, 7) is 2.42. The average molecular weight is 303 g/mol. The number of rotatable bonds is 2. The molecule has 0 aromatic heterocycles. The number of hydrogen-bond donors (Lipinski definition) is 1. The van der Waals surface area contributed by atoms with Crippen LogP contribution in [0.15, 0.2) is 45.7 Å². The van der Waals surface area contributed by atoms with Crippen LogP contribution >= 0.6 is 0 Å². The number of nitro groups is 1. The first-order valence-electron chi connectivity index (χ1n) is 7.10. The van der Waals surface area contributed by atoms with Gasteiger partial charge in [-0.3, -0.25) is 15.1 Å². The molecule has 0 amide bonds. The summed E-state index contributed by atoms with van der Waals surface area (Å²) in [7, 11) is 0. The van der Waals surface area contributed by atoms with E-state index in [2.05, 4.69) is 9.98 Å². The van der Waals surface area contributed by atoms with Crippen LogP contribution in [0.2, 0.25) is 0 Å². The topological polar surface area (TPSA) is 106 Å². The average Bonchev–Trinajstić information content (AvgIpc) is 2.55. The number of hydrogen-bond acceptors (Lipinski definition) is 5. The quantitative estimate of drug-likeness (QED) is 0.342. The van der Waals surface area contributed by atoms with Crippen LogP contribution in [-0.2, 0) is 4.74 Å². The van der Waals surface area contributed by atoms with E-state index in [1.807, 2.05) is 29.2 Å². The molecule has 0 aromatic rings. The SMILES string of the molecule is NC(=NC1=C([N+](=O)[O-])C=NC2C=CC=CC12)N1CCOCC1. The van der Waals surface area contributed by atoms with Crippen LogP contribution in [-0.4, -0.2) is 54.3 Å². The summed E-state index contributed by atoms with van der Waals surface area (Å²) in [6, 6.07) is -0.162. The van der Waals surface area contributed by atoms with Gasteiger partial charge in [0, 0.05) is 13.1 Å². The van der Waals surface area contributed by atoms with Crippen molar-refractivity contribution in [3.8, 4) is 0 Å². The Kier molecular flexibility index (Phi) is 4.01. The summed E-state index contributed by atoms with van der Waals surface area (Å²) in [4.78, 5) is 21.3. The van der Waals surface area contributed by atoms with Gasteiger partial charge >= 0.3 is 5.70 Å². The predicted octanol–water partition coefficient (Wildman–Crippen LogP) is 0.317. The minimum Gasteiger partial charge on any atom is -0.378 e. The van der Waals surface area contributed by atoms with Gasteiger partial charge in [0.2, 0.25) is 0 Å². The minimum atomic E-state index is -0.461. The van der Waals surface area contributed by atoms with Gasteiger partial charge in [0.1, 0.15) is 11.9 Å². The number of nitrogens with zero attached hydrogens (tertiary/aromatic N) is 4. The fourth-order valence-corrected chi connectivity index (χ4v) is 2.64. The maximum absolute atomic E-state index is 11.3. The van der Waals surface area contributed by atoms with Crippen molar-refractivity contribution in [2.45, 2.75) is 6.04 Å². The summed E-state index contributed by atoms with van der Waals surface area (Å²) in [5.41, 5.74) is 6.30. The van der Waals surface area contributed by atoms with E-state index in [1.54, 1.807) is 0 Å². The summed E-state index contributed by atoms with van der Waals surface area (Å²) in [5.74, 6) is 0.0321. The lowest BCUT2D eigenvalue weighted by atomic mass is 9.89. The normalized spacial score (nSPS) is 28.0. The van der Waals surface area contributed by atoms with Crippen LogP contribution in [0.4, 0.5) is 0 Å². The zero-order valence-electron chi connectivity index (χ0n) is 12.0. The second kappa shape index (κ2) is 6.10. The molecular weight excluding hydrogens is 286 g/mol. The van der Waals surface area contributed by atoms with E-state index < -0.39 is 4.92 Å². The predicted molar refractivity (Wildman–Crippen MR) is 82.1 cm³/mol. The maximum atomic E-state index is 11.3. The highest BCUT2D eigenvalue weighted by Crippen LogP contribution is 2.30. The van der Waals surface area contributed by atoms with Gasteiger partial charge in [0.05, 0.1) is 30.1 Å². The fourth-order valence-electron chi connectivity index (χ4n) is 2.64. The Hall–Kier alpha value is -2.48. The van der Waals surface area contributed by atoms with Gasteiger partial charge in [0.25, 0.3) is 0 Å². The molecule has 1 fully saturated rings. The van der Waals surface area contributed by atoms with Crippen molar-refractivity contribution in [3.63, 3.8) is 0 Å². The molecule has 116 valence electrons. The van der Waals surface area contributed by atoms with E-state index in [-0.39, 0.29) is 23.6 Å². The van der Waals surface area contributed by atoms with E-state index in [0.29, 0.717) is 32.0 Å². The number of fused-ring (bicyclic) bond motifs is 1. The largest absolute Gasteiger partial charge is 0.378 e. The van der Waals surface area contributed by atoms with E-state index in [0.717, 1.165) is 0 Å². The van der Waals surface area contributed by atoms with Gasteiger partial charge < -0.3 is 15.4 Å². The Balaban J connectivity index is 1.95. The molecule has 2 aliphatic heterocycles. The molecule has 2 N–H and O–H groups in total. The smallest absolute Gasteiger partial charge is 0.309 e. The summed E-state index contributed by atoms with van der Waals surface area (Å²) < 4.78 is 5.27. The molecule has 0 spiro atoms. The number of morpholine rings is 1. The van der Waals surface area contributed by atoms with Gasteiger partial charge in [-0.05, 0) is 0 Å². The molecule has 0 radical (unpaired) electrons. The molecule has 2 unspecified atom stereocenters. The molecule has 1 saturated heterocycles. The summed E-state index contributed by atoms with van der Waals surface area (Å²) in [5, 5.41) is 11.3. The van der Waals surface area contributed by atoms with Gasteiger partial charge in [0.15, 0.2) is 5.96 Å². The minimum absolute atomic E-state index is 0.0996. The summed E-state index contributed by atoms with van der Waals surface area (Å²) in [6.07, 6.45) is 8.77. The first-order valence-corrected chi connectivity index (χ1v) is 7.10. The van der Waals surface area contributed by atoms with Crippen molar-refractivity contribution in [1.82, 2.24) is 4.90 Å².